The van der Waals surface area contributed by atoms with E-state index < -0.39 is 11.2 Å². The fraction of sp³-hybridized carbons (Fsp3) is 0.0833. The van der Waals surface area contributed by atoms with Gasteiger partial charge in [-0.2, -0.15) is 4.98 Å². The number of methoxy groups -OCH3 is 1. The van der Waals surface area contributed by atoms with Crippen molar-refractivity contribution in [3.05, 3.63) is 98.2 Å². The summed E-state index contributed by atoms with van der Waals surface area (Å²) in [5.74, 6) is 1.29. The van der Waals surface area contributed by atoms with Crippen molar-refractivity contribution in [1.82, 2.24) is 19.7 Å². The SMILES string of the molecule is COc1ccc(Cn2c(=O)[nH]c3cc(-c4nc(-c5ccccc5Cl)no4)ccc3c2=O)cc1. The van der Waals surface area contributed by atoms with Crippen LogP contribution in [-0.4, -0.2) is 26.8 Å². The normalized spacial score (nSPS) is 11.1. The summed E-state index contributed by atoms with van der Waals surface area (Å²) in [5, 5.41) is 4.87. The smallest absolute Gasteiger partial charge is 0.329 e. The Balaban J connectivity index is 1.50. The van der Waals surface area contributed by atoms with Gasteiger partial charge in [-0.15, -0.1) is 0 Å². The molecule has 0 aliphatic carbocycles. The van der Waals surface area contributed by atoms with Crippen molar-refractivity contribution in [3.8, 4) is 28.6 Å². The van der Waals surface area contributed by atoms with E-state index in [-0.39, 0.29) is 12.4 Å². The lowest BCUT2D eigenvalue weighted by molar-refractivity contribution is 0.414. The van der Waals surface area contributed by atoms with Crippen LogP contribution in [0.1, 0.15) is 5.56 Å². The molecule has 0 saturated heterocycles. The molecule has 8 nitrogen and oxygen atoms in total. The van der Waals surface area contributed by atoms with Crippen LogP contribution in [0.25, 0.3) is 33.7 Å². The molecule has 2 aromatic heterocycles. The number of aromatic amines is 1. The number of nitrogens with one attached hydrogen (secondary N) is 1. The Morgan fingerprint density at radius 1 is 1.06 bits per heavy atom. The van der Waals surface area contributed by atoms with Crippen LogP contribution in [-0.2, 0) is 6.54 Å². The zero-order valence-electron chi connectivity index (χ0n) is 17.4. The number of fused-ring (bicyclic) bond motifs is 1. The molecule has 0 unspecified atom stereocenters. The highest BCUT2D eigenvalue weighted by Gasteiger charge is 2.15. The zero-order chi connectivity index (χ0) is 22.9. The van der Waals surface area contributed by atoms with Crippen LogP contribution in [0.3, 0.4) is 0 Å². The highest BCUT2D eigenvalue weighted by atomic mass is 35.5. The molecule has 2 heterocycles. The first-order valence-corrected chi connectivity index (χ1v) is 10.4. The first-order chi connectivity index (χ1) is 16.0. The zero-order valence-corrected chi connectivity index (χ0v) is 18.2. The van der Waals surface area contributed by atoms with E-state index in [0.717, 1.165) is 10.1 Å². The maximum Gasteiger partial charge on any atom is 0.329 e. The van der Waals surface area contributed by atoms with Gasteiger partial charge in [0.05, 0.1) is 29.6 Å². The van der Waals surface area contributed by atoms with Crippen LogP contribution in [0.2, 0.25) is 5.02 Å². The highest BCUT2D eigenvalue weighted by Crippen LogP contribution is 2.28. The molecule has 0 aliphatic rings. The van der Waals surface area contributed by atoms with Gasteiger partial charge in [-0.05, 0) is 48.0 Å². The molecule has 0 aliphatic heterocycles. The summed E-state index contributed by atoms with van der Waals surface area (Å²) in [7, 11) is 1.58. The van der Waals surface area contributed by atoms with Crippen LogP contribution >= 0.6 is 11.6 Å². The van der Waals surface area contributed by atoms with E-state index in [1.54, 1.807) is 49.6 Å². The number of halogens is 1. The number of hydrogen-bond donors (Lipinski definition) is 1. The molecular formula is C24H17ClN4O4. The van der Waals surface area contributed by atoms with Crippen LogP contribution < -0.4 is 16.0 Å². The fourth-order valence-corrected chi connectivity index (χ4v) is 3.76. The summed E-state index contributed by atoms with van der Waals surface area (Å²) in [6, 6.07) is 19.3. The van der Waals surface area contributed by atoms with Gasteiger partial charge in [-0.25, -0.2) is 4.79 Å². The van der Waals surface area contributed by atoms with Crippen molar-refractivity contribution in [2.24, 2.45) is 0 Å². The molecule has 0 amide bonds. The first kappa shape index (κ1) is 20.7. The topological polar surface area (TPSA) is 103 Å². The van der Waals surface area contributed by atoms with E-state index >= 15 is 0 Å². The molecule has 164 valence electrons. The molecule has 5 rings (SSSR count). The van der Waals surface area contributed by atoms with Crippen LogP contribution in [0.4, 0.5) is 0 Å². The average Bonchev–Trinajstić information content (AvgIpc) is 3.32. The van der Waals surface area contributed by atoms with Gasteiger partial charge in [0, 0.05) is 11.1 Å². The summed E-state index contributed by atoms with van der Waals surface area (Å²) >= 11 is 6.21. The second-order valence-electron chi connectivity index (χ2n) is 7.33. The predicted octanol–water partition coefficient (Wildman–Crippen LogP) is 4.12. The number of hydrogen-bond acceptors (Lipinski definition) is 6. The second kappa shape index (κ2) is 8.40. The number of nitrogens with zero attached hydrogens (tertiary/aromatic N) is 3. The Labute approximate surface area is 192 Å². The van der Waals surface area contributed by atoms with E-state index in [1.165, 1.54) is 0 Å². The van der Waals surface area contributed by atoms with E-state index in [9.17, 15) is 9.59 Å². The second-order valence-corrected chi connectivity index (χ2v) is 7.74. The molecule has 0 fully saturated rings. The average molecular weight is 461 g/mol. The molecule has 0 atom stereocenters. The van der Waals surface area contributed by atoms with E-state index in [1.807, 2.05) is 24.3 Å². The van der Waals surface area contributed by atoms with Gasteiger partial charge < -0.3 is 14.2 Å². The Bertz CT molecular complexity index is 1590. The predicted molar refractivity (Wildman–Crippen MR) is 125 cm³/mol. The highest BCUT2D eigenvalue weighted by molar-refractivity contribution is 6.33. The Hall–Kier alpha value is -4.17. The molecule has 33 heavy (non-hydrogen) atoms. The summed E-state index contributed by atoms with van der Waals surface area (Å²) in [6.45, 7) is 0.140. The van der Waals surface area contributed by atoms with Crippen LogP contribution in [0.15, 0.2) is 80.8 Å². The van der Waals surface area contributed by atoms with Gasteiger partial charge in [0.1, 0.15) is 5.75 Å². The van der Waals surface area contributed by atoms with Gasteiger partial charge in [0.25, 0.3) is 11.4 Å². The number of benzene rings is 3. The maximum absolute atomic E-state index is 13.0. The van der Waals surface area contributed by atoms with Crippen molar-refractivity contribution in [3.63, 3.8) is 0 Å². The molecule has 0 bridgehead atoms. The van der Waals surface area contributed by atoms with Gasteiger partial charge >= 0.3 is 5.69 Å². The summed E-state index contributed by atoms with van der Waals surface area (Å²) in [6.07, 6.45) is 0. The molecule has 3 aromatic carbocycles. The molecule has 5 aromatic rings. The third kappa shape index (κ3) is 3.92. The third-order valence-electron chi connectivity index (χ3n) is 5.27. The fourth-order valence-electron chi connectivity index (χ4n) is 3.54. The number of ether oxygens (including phenoxy) is 1. The third-order valence-corrected chi connectivity index (χ3v) is 5.60. The monoisotopic (exact) mass is 460 g/mol. The standard InChI is InChI=1S/C24H17ClN4O4/c1-32-16-9-6-14(7-10-16)13-29-23(30)18-11-8-15(12-20(18)26-24(29)31)22-27-21(28-33-22)17-4-2-3-5-19(17)25/h2-12H,13H2,1H3,(H,26,31). The molecule has 0 spiro atoms. The minimum Gasteiger partial charge on any atom is -0.497 e. The number of rotatable bonds is 5. The minimum absolute atomic E-state index is 0.140. The Kier molecular flexibility index (Phi) is 5.27. The Morgan fingerprint density at radius 2 is 1.85 bits per heavy atom. The molecule has 0 radical (unpaired) electrons. The first-order valence-electron chi connectivity index (χ1n) is 10.0. The largest absolute Gasteiger partial charge is 0.497 e. The quantitative estimate of drug-likeness (QED) is 0.423. The van der Waals surface area contributed by atoms with Crippen molar-refractivity contribution in [2.75, 3.05) is 7.11 Å². The summed E-state index contributed by atoms with van der Waals surface area (Å²) in [4.78, 5) is 32.9. The lowest BCUT2D eigenvalue weighted by atomic mass is 10.1. The number of H-pyrrole nitrogens is 1. The van der Waals surface area contributed by atoms with E-state index in [0.29, 0.717) is 38.6 Å². The lowest BCUT2D eigenvalue weighted by Crippen LogP contribution is -2.35. The van der Waals surface area contributed by atoms with Gasteiger partial charge in [0.15, 0.2) is 0 Å². The van der Waals surface area contributed by atoms with Crippen LogP contribution in [0, 0.1) is 0 Å². The van der Waals surface area contributed by atoms with Gasteiger partial charge in [0.2, 0.25) is 5.82 Å². The summed E-state index contributed by atoms with van der Waals surface area (Å²) < 4.78 is 11.7. The van der Waals surface area contributed by atoms with Gasteiger partial charge in [-0.1, -0.05) is 41.0 Å². The number of aromatic nitrogens is 4. The van der Waals surface area contributed by atoms with E-state index in [2.05, 4.69) is 15.1 Å². The van der Waals surface area contributed by atoms with Crippen LogP contribution in [0.5, 0.6) is 5.75 Å². The molecular weight excluding hydrogens is 444 g/mol. The maximum atomic E-state index is 13.0. The van der Waals surface area contributed by atoms with Crippen molar-refractivity contribution in [2.45, 2.75) is 6.54 Å². The molecule has 9 heteroatoms. The summed E-state index contributed by atoms with van der Waals surface area (Å²) in [5.41, 5.74) is 1.49. The molecule has 1 N–H and O–H groups in total. The molecule has 0 saturated carbocycles. The van der Waals surface area contributed by atoms with Crippen molar-refractivity contribution >= 4 is 22.5 Å². The Morgan fingerprint density at radius 3 is 2.61 bits per heavy atom. The van der Waals surface area contributed by atoms with Gasteiger partial charge in [-0.3, -0.25) is 9.36 Å². The van der Waals surface area contributed by atoms with E-state index in [4.69, 9.17) is 20.9 Å². The minimum atomic E-state index is -0.511. The lowest BCUT2D eigenvalue weighted by Gasteiger charge is -2.08. The van der Waals surface area contributed by atoms with Crippen molar-refractivity contribution in [1.29, 1.82) is 0 Å². The van der Waals surface area contributed by atoms with Crippen molar-refractivity contribution < 1.29 is 9.26 Å².